The summed E-state index contributed by atoms with van der Waals surface area (Å²) in [7, 11) is 0. The molecule has 0 aromatic carbocycles. The maximum absolute atomic E-state index is 12.9. The van der Waals surface area contributed by atoms with E-state index in [0.29, 0.717) is 19.4 Å². The Morgan fingerprint density at radius 1 is 0.329 bits per heavy atom. The second kappa shape index (κ2) is 59.3. The number of carbonyl (C=O) groups excluding carboxylic acids is 2. The highest BCUT2D eigenvalue weighted by Gasteiger charge is 2.17. The molecule has 1 unspecified atom stereocenters. The summed E-state index contributed by atoms with van der Waals surface area (Å²) in [4.78, 5) is 25.5. The molecule has 0 aliphatic carbocycles. The first-order valence-electron chi connectivity index (χ1n) is 28.7. The maximum atomic E-state index is 12.9. The minimum Gasteiger partial charge on any atom is -0.462 e. The van der Waals surface area contributed by atoms with Crippen LogP contribution in [0.5, 0.6) is 0 Å². The number of hydrogen-bond donors (Lipinski definition) is 0. The van der Waals surface area contributed by atoms with Gasteiger partial charge in [0.05, 0.1) is 6.61 Å². The highest BCUT2D eigenvalue weighted by atomic mass is 16.6. The lowest BCUT2D eigenvalue weighted by Gasteiger charge is -2.18. The van der Waals surface area contributed by atoms with Crippen molar-refractivity contribution in [1.82, 2.24) is 0 Å². The zero-order valence-electron chi connectivity index (χ0n) is 45.5. The van der Waals surface area contributed by atoms with Gasteiger partial charge in [-0.05, 0) is 135 Å². The second-order valence-electron chi connectivity index (χ2n) is 18.4. The van der Waals surface area contributed by atoms with Crippen LogP contribution in [-0.2, 0) is 23.8 Å². The molecular formula is C65H106O5. The van der Waals surface area contributed by atoms with E-state index >= 15 is 0 Å². The molecule has 0 aliphatic heterocycles. The van der Waals surface area contributed by atoms with E-state index in [1.54, 1.807) is 0 Å². The first kappa shape index (κ1) is 66.0. The molecule has 0 N–H and O–H groups in total. The number of rotatable bonds is 51. The van der Waals surface area contributed by atoms with E-state index in [1.165, 1.54) is 70.6 Å². The molecule has 5 heteroatoms. The van der Waals surface area contributed by atoms with E-state index in [4.69, 9.17) is 14.2 Å². The highest BCUT2D eigenvalue weighted by molar-refractivity contribution is 5.70. The summed E-state index contributed by atoms with van der Waals surface area (Å²) >= 11 is 0. The molecule has 0 saturated heterocycles. The molecule has 0 amide bonds. The largest absolute Gasteiger partial charge is 0.462 e. The van der Waals surface area contributed by atoms with Crippen LogP contribution in [-0.4, -0.2) is 37.9 Å². The van der Waals surface area contributed by atoms with Crippen LogP contribution >= 0.6 is 0 Å². The van der Waals surface area contributed by atoms with Gasteiger partial charge in [0.25, 0.3) is 0 Å². The van der Waals surface area contributed by atoms with Gasteiger partial charge in [0.15, 0.2) is 6.10 Å². The van der Waals surface area contributed by atoms with Crippen molar-refractivity contribution in [2.45, 2.75) is 245 Å². The molecule has 0 aliphatic rings. The zero-order chi connectivity index (χ0) is 50.6. The van der Waals surface area contributed by atoms with Crippen LogP contribution in [0, 0.1) is 0 Å². The van der Waals surface area contributed by atoms with E-state index < -0.39 is 6.10 Å². The maximum Gasteiger partial charge on any atom is 0.306 e. The van der Waals surface area contributed by atoms with Gasteiger partial charge in [-0.25, -0.2) is 0 Å². The topological polar surface area (TPSA) is 61.8 Å². The van der Waals surface area contributed by atoms with Crippen molar-refractivity contribution in [2.75, 3.05) is 19.8 Å². The molecule has 0 spiro atoms. The van der Waals surface area contributed by atoms with Gasteiger partial charge < -0.3 is 14.2 Å². The lowest BCUT2D eigenvalue weighted by molar-refractivity contribution is -0.163. The summed E-state index contributed by atoms with van der Waals surface area (Å²) in [6, 6.07) is 0. The number of hydrogen-bond acceptors (Lipinski definition) is 5. The second-order valence-corrected chi connectivity index (χ2v) is 18.4. The molecule has 396 valence electrons. The molecule has 5 nitrogen and oxygen atoms in total. The number of esters is 2. The van der Waals surface area contributed by atoms with Crippen molar-refractivity contribution in [3.8, 4) is 0 Å². The summed E-state index contributed by atoms with van der Waals surface area (Å²) in [5.74, 6) is -0.471. The van der Waals surface area contributed by atoms with E-state index in [2.05, 4.69) is 154 Å². The van der Waals surface area contributed by atoms with Gasteiger partial charge in [0.2, 0.25) is 0 Å². The number of allylic oxidation sites excluding steroid dienone is 22. The van der Waals surface area contributed by atoms with Gasteiger partial charge in [0, 0.05) is 19.4 Å². The fraction of sp³-hybridized carbons (Fsp3) is 0.631. The smallest absolute Gasteiger partial charge is 0.306 e. The predicted octanol–water partition coefficient (Wildman–Crippen LogP) is 19.9. The molecule has 0 aromatic heterocycles. The van der Waals surface area contributed by atoms with E-state index in [9.17, 15) is 9.59 Å². The van der Waals surface area contributed by atoms with Crippen LogP contribution in [0.3, 0.4) is 0 Å². The van der Waals surface area contributed by atoms with Crippen LogP contribution in [0.25, 0.3) is 0 Å². The minimum absolute atomic E-state index is 0.0471. The van der Waals surface area contributed by atoms with Gasteiger partial charge in [0.1, 0.15) is 6.61 Å². The fourth-order valence-electron chi connectivity index (χ4n) is 7.44. The van der Waals surface area contributed by atoms with Crippen LogP contribution in [0.15, 0.2) is 134 Å². The number of carbonyl (C=O) groups is 2. The molecule has 0 rings (SSSR count). The minimum atomic E-state index is -0.577. The molecular weight excluding hydrogens is 861 g/mol. The SMILES string of the molecule is CC/C=C\C/C=C\C/C=C\C/C=C\C/C=C\CCCCCC(=O)OCC(COCCCCCCCCCC/C=C\C/C=C\CCCCC)OC(=O)CCCCCC/C=C\C/C=C\C/C=C\C/C=C\CC. The Kier molecular flexibility index (Phi) is 56.0. The Bertz CT molecular complexity index is 1470. The van der Waals surface area contributed by atoms with Gasteiger partial charge in [-0.1, -0.05) is 225 Å². The third-order valence-corrected chi connectivity index (χ3v) is 11.7. The summed E-state index contributed by atoms with van der Waals surface area (Å²) in [6.07, 6.45) is 84.7. The van der Waals surface area contributed by atoms with E-state index in [1.807, 2.05) is 0 Å². The third kappa shape index (κ3) is 56.6. The average Bonchev–Trinajstić information content (AvgIpc) is 3.36. The first-order chi connectivity index (χ1) is 34.6. The third-order valence-electron chi connectivity index (χ3n) is 11.7. The molecule has 0 bridgehead atoms. The predicted molar refractivity (Wildman–Crippen MR) is 306 cm³/mol. The van der Waals surface area contributed by atoms with Gasteiger partial charge in [-0.3, -0.25) is 9.59 Å². The standard InChI is InChI=1S/C65H106O5/c1-4-7-10-13-16-19-22-25-28-31-33-35-37-40-43-46-49-52-55-58-64(66)69-62-63(61-68-60-57-54-51-48-45-42-39-36-32-29-26-23-20-17-14-11-8-5-2)70-65(67)59-56-53-50-47-44-41-38-34-30-27-24-21-18-15-12-9-6-3/h7,9-10,12,16-21,25-30,33,35,38,40-41,43,63H,4-6,8,11,13-15,22-24,31-32,34,36-37,39,42,44-62H2,1-3H3/b10-7-,12-9-,19-16-,20-17-,21-18-,28-25-,29-26-,30-27-,35-33-,41-38-,43-40-. The fourth-order valence-corrected chi connectivity index (χ4v) is 7.44. The van der Waals surface area contributed by atoms with Gasteiger partial charge in [-0.15, -0.1) is 0 Å². The average molecular weight is 968 g/mol. The summed E-state index contributed by atoms with van der Waals surface area (Å²) in [6.45, 7) is 7.50. The number of unbranched alkanes of at least 4 members (excludes halogenated alkanes) is 18. The Balaban J connectivity index is 4.43. The molecule has 0 heterocycles. The Hall–Kier alpha value is -3.96. The molecule has 70 heavy (non-hydrogen) atoms. The quantitative estimate of drug-likeness (QED) is 0.0345. The van der Waals surface area contributed by atoms with Crippen LogP contribution in [0.1, 0.15) is 239 Å². The first-order valence-corrected chi connectivity index (χ1v) is 28.7. The zero-order valence-corrected chi connectivity index (χ0v) is 45.5. The molecule has 0 radical (unpaired) electrons. The highest BCUT2D eigenvalue weighted by Crippen LogP contribution is 2.13. The van der Waals surface area contributed by atoms with E-state index in [0.717, 1.165) is 135 Å². The molecule has 0 saturated carbocycles. The number of ether oxygens (including phenoxy) is 3. The van der Waals surface area contributed by atoms with Crippen molar-refractivity contribution in [3.05, 3.63) is 134 Å². The summed E-state index contributed by atoms with van der Waals surface area (Å²) in [5.41, 5.74) is 0. The van der Waals surface area contributed by atoms with Crippen LogP contribution in [0.4, 0.5) is 0 Å². The van der Waals surface area contributed by atoms with Crippen molar-refractivity contribution < 1.29 is 23.8 Å². The van der Waals surface area contributed by atoms with Crippen molar-refractivity contribution in [3.63, 3.8) is 0 Å². The Morgan fingerprint density at radius 3 is 1.04 bits per heavy atom. The molecule has 1 atom stereocenters. The summed E-state index contributed by atoms with van der Waals surface area (Å²) < 4.78 is 17.4. The van der Waals surface area contributed by atoms with E-state index in [-0.39, 0.29) is 25.2 Å². The van der Waals surface area contributed by atoms with Gasteiger partial charge in [-0.2, -0.15) is 0 Å². The van der Waals surface area contributed by atoms with Gasteiger partial charge >= 0.3 is 11.9 Å². The summed E-state index contributed by atoms with van der Waals surface area (Å²) in [5, 5.41) is 0. The monoisotopic (exact) mass is 967 g/mol. The Labute approximate surface area is 432 Å². The van der Waals surface area contributed by atoms with Crippen molar-refractivity contribution in [1.29, 1.82) is 0 Å². The lowest BCUT2D eigenvalue weighted by atomic mass is 10.1. The van der Waals surface area contributed by atoms with Crippen LogP contribution < -0.4 is 0 Å². The van der Waals surface area contributed by atoms with Crippen molar-refractivity contribution >= 4 is 11.9 Å². The Morgan fingerprint density at radius 2 is 0.643 bits per heavy atom. The van der Waals surface area contributed by atoms with Crippen LogP contribution in [0.2, 0.25) is 0 Å². The molecule has 0 aromatic rings. The molecule has 0 fully saturated rings. The lowest BCUT2D eigenvalue weighted by Crippen LogP contribution is -2.30. The normalized spacial score (nSPS) is 13.2. The van der Waals surface area contributed by atoms with Crippen molar-refractivity contribution in [2.24, 2.45) is 0 Å².